The summed E-state index contributed by atoms with van der Waals surface area (Å²) in [5, 5.41) is 17.9. The lowest BCUT2D eigenvalue weighted by molar-refractivity contribution is -0.416. The van der Waals surface area contributed by atoms with Crippen LogP contribution in [0, 0.1) is 21.3 Å². The number of nitro groups is 1. The van der Waals surface area contributed by atoms with Crippen molar-refractivity contribution in [1.29, 1.82) is 5.41 Å². The van der Waals surface area contributed by atoms with Crippen molar-refractivity contribution in [3.05, 3.63) is 57.3 Å². The number of amidine groups is 2. The Kier molecular flexibility index (Phi) is 3.10. The lowest BCUT2D eigenvalue weighted by Crippen LogP contribution is -2.32. The number of benzene rings is 1. The summed E-state index contributed by atoms with van der Waals surface area (Å²) in [5.74, 6) is -1.43. The smallest absolute Gasteiger partial charge is 0.354 e. The van der Waals surface area contributed by atoms with Crippen molar-refractivity contribution in [3.63, 3.8) is 0 Å². The van der Waals surface area contributed by atoms with E-state index in [1.807, 2.05) is 0 Å². The summed E-state index contributed by atoms with van der Waals surface area (Å²) in [6, 6.07) is 5.81. The van der Waals surface area contributed by atoms with Gasteiger partial charge in [-0.1, -0.05) is 12.1 Å². The van der Waals surface area contributed by atoms with Crippen LogP contribution in [-0.2, 0) is 0 Å². The van der Waals surface area contributed by atoms with Crippen molar-refractivity contribution < 1.29 is 9.31 Å². The van der Waals surface area contributed by atoms with E-state index in [9.17, 15) is 14.5 Å². The molecule has 1 aliphatic rings. The summed E-state index contributed by atoms with van der Waals surface area (Å²) in [7, 11) is 0. The van der Waals surface area contributed by atoms with Crippen LogP contribution in [0.4, 0.5) is 4.39 Å². The third-order valence-electron chi connectivity index (χ3n) is 2.31. The molecule has 0 aromatic heterocycles. The van der Waals surface area contributed by atoms with E-state index in [0.717, 1.165) is 0 Å². The van der Waals surface area contributed by atoms with Crippen molar-refractivity contribution in [2.75, 3.05) is 0 Å². The Morgan fingerprint density at radius 1 is 1.42 bits per heavy atom. The molecule has 98 valence electrons. The van der Waals surface area contributed by atoms with Gasteiger partial charge in [0.2, 0.25) is 5.82 Å². The molecule has 8 nitrogen and oxygen atoms in total. The molecule has 0 bridgehead atoms. The number of hydrogen-bond donors (Lipinski definition) is 4. The molecule has 0 atom stereocenters. The molecule has 1 heterocycles. The minimum atomic E-state index is -0.833. The number of nitrogens with zero attached hydrogens (tertiary/aromatic N) is 2. The standard InChI is InChI=1S/C10H9FN6O2/c11-6-4-2-1-3-5(6)9-14-10(16-15-9)7(8(12)13)17(18)19/h1-4,16H,(H3,12,13)(H,14,15)/b10-7-. The molecule has 0 spiro atoms. The fraction of sp³-hybridized carbons (Fsp3) is 0. The van der Waals surface area contributed by atoms with Gasteiger partial charge in [-0.2, -0.15) is 0 Å². The van der Waals surface area contributed by atoms with Crippen LogP contribution in [0.2, 0.25) is 0 Å². The lowest BCUT2D eigenvalue weighted by Gasteiger charge is -2.02. The van der Waals surface area contributed by atoms with E-state index in [1.54, 1.807) is 6.07 Å². The highest BCUT2D eigenvalue weighted by Gasteiger charge is 2.27. The summed E-state index contributed by atoms with van der Waals surface area (Å²) in [6.45, 7) is 0. The molecule has 5 N–H and O–H groups in total. The highest BCUT2D eigenvalue weighted by atomic mass is 19.1. The molecule has 0 fully saturated rings. The minimum Gasteiger partial charge on any atom is -0.378 e. The highest BCUT2D eigenvalue weighted by Crippen LogP contribution is 2.13. The van der Waals surface area contributed by atoms with E-state index >= 15 is 0 Å². The number of nitrogens with one attached hydrogen (secondary N) is 3. The van der Waals surface area contributed by atoms with Crippen LogP contribution in [0.3, 0.4) is 0 Å². The molecule has 9 heteroatoms. The van der Waals surface area contributed by atoms with Gasteiger partial charge in [-0.15, -0.1) is 0 Å². The number of halogens is 1. The number of hydrogen-bond acceptors (Lipinski definition) is 6. The molecule has 19 heavy (non-hydrogen) atoms. The largest absolute Gasteiger partial charge is 0.378 e. The normalized spacial score (nSPS) is 16.2. The Bertz CT molecular complexity index is 608. The van der Waals surface area contributed by atoms with Gasteiger partial charge in [-0.05, 0) is 12.1 Å². The van der Waals surface area contributed by atoms with Crippen LogP contribution >= 0.6 is 0 Å². The number of nitrogens with two attached hydrogens (primary N) is 1. The fourth-order valence-corrected chi connectivity index (χ4v) is 1.49. The van der Waals surface area contributed by atoms with Gasteiger partial charge >= 0.3 is 5.70 Å². The van der Waals surface area contributed by atoms with E-state index in [4.69, 9.17) is 11.1 Å². The Balaban J connectivity index is 2.46. The van der Waals surface area contributed by atoms with Crippen LogP contribution in [0.1, 0.15) is 5.56 Å². The van der Waals surface area contributed by atoms with Gasteiger partial charge < -0.3 is 5.73 Å². The van der Waals surface area contributed by atoms with Gasteiger partial charge in [0.15, 0.2) is 11.7 Å². The Hall–Kier alpha value is -2.97. The number of hydrazine groups is 1. The van der Waals surface area contributed by atoms with E-state index < -0.39 is 22.3 Å². The molecular weight excluding hydrogens is 255 g/mol. The number of aliphatic imine (C=N–C) groups is 1. The first-order valence-electron chi connectivity index (χ1n) is 5.09. The molecule has 0 radical (unpaired) electrons. The van der Waals surface area contributed by atoms with Crippen LogP contribution in [0.15, 0.2) is 40.8 Å². The van der Waals surface area contributed by atoms with Crippen LogP contribution in [0.25, 0.3) is 0 Å². The summed E-state index contributed by atoms with van der Waals surface area (Å²) in [5.41, 5.74) is 9.46. The van der Waals surface area contributed by atoms with Crippen molar-refractivity contribution in [1.82, 2.24) is 10.9 Å². The molecular formula is C10H9FN6O2. The molecule has 0 saturated carbocycles. The van der Waals surface area contributed by atoms with Crippen LogP contribution < -0.4 is 16.6 Å². The molecule has 1 aromatic rings. The zero-order valence-electron chi connectivity index (χ0n) is 9.48. The first kappa shape index (κ1) is 12.5. The first-order chi connectivity index (χ1) is 9.00. The summed E-state index contributed by atoms with van der Waals surface area (Å²) in [6.07, 6.45) is 0. The predicted octanol–water partition coefficient (Wildman–Crippen LogP) is 0.0619. The second-order valence-corrected chi connectivity index (χ2v) is 3.56. The molecule has 1 aliphatic heterocycles. The first-order valence-corrected chi connectivity index (χ1v) is 5.09. The lowest BCUT2D eigenvalue weighted by atomic mass is 10.2. The molecule has 0 unspecified atom stereocenters. The monoisotopic (exact) mass is 264 g/mol. The van der Waals surface area contributed by atoms with Crippen molar-refractivity contribution in [3.8, 4) is 0 Å². The highest BCUT2D eigenvalue weighted by molar-refractivity contribution is 6.01. The molecule has 1 aromatic carbocycles. The predicted molar refractivity (Wildman–Crippen MR) is 65.1 cm³/mol. The quantitative estimate of drug-likeness (QED) is 0.265. The van der Waals surface area contributed by atoms with E-state index in [0.29, 0.717) is 0 Å². The molecule has 0 saturated heterocycles. The average molecular weight is 264 g/mol. The zero-order valence-corrected chi connectivity index (χ0v) is 9.48. The fourth-order valence-electron chi connectivity index (χ4n) is 1.49. The third kappa shape index (κ3) is 2.34. The van der Waals surface area contributed by atoms with Gasteiger partial charge in [-0.25, -0.2) is 9.38 Å². The second-order valence-electron chi connectivity index (χ2n) is 3.56. The third-order valence-corrected chi connectivity index (χ3v) is 2.31. The van der Waals surface area contributed by atoms with Gasteiger partial charge in [0.25, 0.3) is 0 Å². The Morgan fingerprint density at radius 2 is 2.11 bits per heavy atom. The van der Waals surface area contributed by atoms with Crippen molar-refractivity contribution in [2.45, 2.75) is 0 Å². The SMILES string of the molecule is N=C(N)/C(=C1\N=C(c2ccccc2F)NN1)[N+](=O)[O-]. The number of rotatable bonds is 3. The Labute approximate surface area is 106 Å². The minimum absolute atomic E-state index is 0.0775. The maximum absolute atomic E-state index is 13.5. The second kappa shape index (κ2) is 4.72. The van der Waals surface area contributed by atoms with Crippen molar-refractivity contribution >= 4 is 11.7 Å². The summed E-state index contributed by atoms with van der Waals surface area (Å²) < 4.78 is 13.5. The summed E-state index contributed by atoms with van der Waals surface area (Å²) >= 11 is 0. The summed E-state index contributed by atoms with van der Waals surface area (Å²) in [4.78, 5) is 13.8. The maximum atomic E-state index is 13.5. The van der Waals surface area contributed by atoms with Crippen LogP contribution in [-0.4, -0.2) is 16.6 Å². The average Bonchev–Trinajstić information content (AvgIpc) is 2.77. The van der Waals surface area contributed by atoms with E-state index in [-0.39, 0.29) is 17.2 Å². The molecule has 2 rings (SSSR count). The molecule has 0 aliphatic carbocycles. The van der Waals surface area contributed by atoms with Gasteiger partial charge in [0.1, 0.15) is 5.82 Å². The van der Waals surface area contributed by atoms with E-state index in [2.05, 4.69) is 15.8 Å². The van der Waals surface area contributed by atoms with Gasteiger partial charge in [-0.3, -0.25) is 26.4 Å². The molecule has 0 amide bonds. The van der Waals surface area contributed by atoms with Crippen molar-refractivity contribution in [2.24, 2.45) is 10.7 Å². The maximum Gasteiger partial charge on any atom is 0.354 e. The van der Waals surface area contributed by atoms with E-state index in [1.165, 1.54) is 18.2 Å². The van der Waals surface area contributed by atoms with Gasteiger partial charge in [0, 0.05) is 0 Å². The topological polar surface area (TPSA) is 129 Å². The van der Waals surface area contributed by atoms with Crippen LogP contribution in [0.5, 0.6) is 0 Å². The van der Waals surface area contributed by atoms with Gasteiger partial charge in [0.05, 0.1) is 10.5 Å². The Morgan fingerprint density at radius 3 is 2.68 bits per heavy atom. The zero-order chi connectivity index (χ0) is 14.0.